The smallest absolute Gasteiger partial charge is 0.137 e. The van der Waals surface area contributed by atoms with Crippen LogP contribution in [-0.2, 0) is 0 Å². The fraction of sp³-hybridized carbons (Fsp3) is 0.333. The van der Waals surface area contributed by atoms with Crippen molar-refractivity contribution in [3.8, 4) is 5.75 Å². The lowest BCUT2D eigenvalue weighted by Gasteiger charge is -2.17. The normalized spacial score (nSPS) is 12.0. The molecule has 1 unspecified atom stereocenters. The van der Waals surface area contributed by atoms with Crippen molar-refractivity contribution in [3.63, 3.8) is 0 Å². The Labute approximate surface area is 124 Å². The Bertz CT molecular complexity index is 572. The lowest BCUT2D eigenvalue weighted by Crippen LogP contribution is -2.24. The van der Waals surface area contributed by atoms with Gasteiger partial charge in [-0.05, 0) is 32.9 Å². The number of aromatic nitrogens is 2. The van der Waals surface area contributed by atoms with Gasteiger partial charge in [0.25, 0.3) is 0 Å². The summed E-state index contributed by atoms with van der Waals surface area (Å²) in [5, 5.41) is 3.74. The number of aryl methyl sites for hydroxylation is 1. The van der Waals surface area contributed by atoms with E-state index in [0.717, 1.165) is 17.1 Å². The van der Waals surface area contributed by atoms with Crippen LogP contribution in [0.2, 0.25) is 5.15 Å². The number of rotatable bonds is 5. The molecule has 4 nitrogen and oxygen atoms in total. The van der Waals surface area contributed by atoms with Gasteiger partial charge in [0.2, 0.25) is 0 Å². The quantitative estimate of drug-likeness (QED) is 0.855. The molecule has 0 aliphatic carbocycles. The van der Waals surface area contributed by atoms with Gasteiger partial charge < -0.3 is 10.1 Å². The first-order valence-electron chi connectivity index (χ1n) is 6.49. The van der Waals surface area contributed by atoms with Crippen LogP contribution in [0.4, 0.5) is 5.82 Å². The number of nitrogens with one attached hydrogen (secondary N) is 1. The van der Waals surface area contributed by atoms with Crippen molar-refractivity contribution < 1.29 is 4.74 Å². The molecular weight excluding hydrogens is 274 g/mol. The summed E-state index contributed by atoms with van der Waals surface area (Å²) in [6.07, 6.45) is 1.45. The molecule has 20 heavy (non-hydrogen) atoms. The summed E-state index contributed by atoms with van der Waals surface area (Å²) in [5.41, 5.74) is 2.06. The van der Waals surface area contributed by atoms with Crippen LogP contribution in [0.1, 0.15) is 18.1 Å². The third-order valence-electron chi connectivity index (χ3n) is 2.93. The summed E-state index contributed by atoms with van der Waals surface area (Å²) in [5.74, 6) is 1.60. The fourth-order valence-electron chi connectivity index (χ4n) is 1.70. The Morgan fingerprint density at radius 1 is 1.20 bits per heavy atom. The van der Waals surface area contributed by atoms with Gasteiger partial charge in [-0.2, -0.15) is 0 Å². The molecule has 0 bridgehead atoms. The van der Waals surface area contributed by atoms with Crippen LogP contribution in [0.15, 0.2) is 30.6 Å². The Balaban J connectivity index is 1.91. The van der Waals surface area contributed by atoms with Crippen LogP contribution in [0.25, 0.3) is 0 Å². The van der Waals surface area contributed by atoms with Crippen molar-refractivity contribution in [2.24, 2.45) is 0 Å². The molecule has 2 aromatic rings. The molecule has 0 fully saturated rings. The van der Waals surface area contributed by atoms with Gasteiger partial charge in [-0.15, -0.1) is 0 Å². The highest BCUT2D eigenvalue weighted by atomic mass is 35.5. The van der Waals surface area contributed by atoms with E-state index < -0.39 is 0 Å². The minimum absolute atomic E-state index is 0.112. The SMILES string of the molecule is Cc1ccc(OCC(C)Nc2ncnc(Cl)c2C)cc1. The van der Waals surface area contributed by atoms with E-state index in [9.17, 15) is 0 Å². The average Bonchev–Trinajstić information content (AvgIpc) is 2.43. The van der Waals surface area contributed by atoms with Gasteiger partial charge in [-0.3, -0.25) is 0 Å². The highest BCUT2D eigenvalue weighted by molar-refractivity contribution is 6.30. The van der Waals surface area contributed by atoms with Crippen LogP contribution in [0.3, 0.4) is 0 Å². The number of hydrogen-bond acceptors (Lipinski definition) is 4. The predicted molar refractivity (Wildman–Crippen MR) is 81.5 cm³/mol. The van der Waals surface area contributed by atoms with Gasteiger partial charge in [0.15, 0.2) is 0 Å². The van der Waals surface area contributed by atoms with Crippen molar-refractivity contribution in [2.45, 2.75) is 26.8 Å². The van der Waals surface area contributed by atoms with Gasteiger partial charge in [-0.25, -0.2) is 9.97 Å². The van der Waals surface area contributed by atoms with E-state index >= 15 is 0 Å². The summed E-state index contributed by atoms with van der Waals surface area (Å²) in [6, 6.07) is 8.11. The molecule has 5 heteroatoms. The van der Waals surface area contributed by atoms with Crippen molar-refractivity contribution in [3.05, 3.63) is 46.9 Å². The van der Waals surface area contributed by atoms with E-state index in [1.807, 2.05) is 38.1 Å². The maximum Gasteiger partial charge on any atom is 0.137 e. The van der Waals surface area contributed by atoms with Gasteiger partial charge >= 0.3 is 0 Å². The van der Waals surface area contributed by atoms with Crippen LogP contribution in [0.5, 0.6) is 5.75 Å². The fourth-order valence-corrected chi connectivity index (χ4v) is 1.84. The van der Waals surface area contributed by atoms with Crippen molar-refractivity contribution in [1.82, 2.24) is 9.97 Å². The first-order valence-corrected chi connectivity index (χ1v) is 6.87. The highest BCUT2D eigenvalue weighted by Gasteiger charge is 2.09. The van der Waals surface area contributed by atoms with E-state index in [-0.39, 0.29) is 6.04 Å². The zero-order chi connectivity index (χ0) is 14.5. The summed E-state index contributed by atoms with van der Waals surface area (Å²) in [6.45, 7) is 6.52. The largest absolute Gasteiger partial charge is 0.491 e. The third kappa shape index (κ3) is 3.84. The molecule has 106 valence electrons. The second kappa shape index (κ2) is 6.57. The first-order chi connectivity index (χ1) is 9.56. The molecule has 1 atom stereocenters. The Hall–Kier alpha value is -1.81. The van der Waals surface area contributed by atoms with Gasteiger partial charge in [0.05, 0.1) is 6.04 Å². The standard InChI is InChI=1S/C15H18ClN3O/c1-10-4-6-13(7-5-10)20-8-11(2)19-15-12(3)14(16)17-9-18-15/h4-7,9,11H,8H2,1-3H3,(H,17,18,19). The highest BCUT2D eigenvalue weighted by Crippen LogP contribution is 2.19. The maximum absolute atomic E-state index is 5.96. The van der Waals surface area contributed by atoms with Gasteiger partial charge in [0, 0.05) is 5.56 Å². The summed E-state index contributed by atoms with van der Waals surface area (Å²) < 4.78 is 5.73. The van der Waals surface area contributed by atoms with E-state index in [0.29, 0.717) is 11.8 Å². The Morgan fingerprint density at radius 2 is 1.90 bits per heavy atom. The minimum atomic E-state index is 0.112. The van der Waals surface area contributed by atoms with E-state index in [2.05, 4.69) is 22.2 Å². The molecule has 0 radical (unpaired) electrons. The number of anilines is 1. The van der Waals surface area contributed by atoms with E-state index in [1.165, 1.54) is 11.9 Å². The maximum atomic E-state index is 5.96. The predicted octanol–water partition coefficient (Wildman–Crippen LogP) is 3.63. The zero-order valence-corrected chi connectivity index (χ0v) is 12.6. The molecule has 0 saturated carbocycles. The molecule has 1 heterocycles. The Morgan fingerprint density at radius 3 is 2.60 bits per heavy atom. The second-order valence-corrected chi connectivity index (χ2v) is 5.17. The number of benzene rings is 1. The second-order valence-electron chi connectivity index (χ2n) is 4.81. The van der Waals surface area contributed by atoms with E-state index in [4.69, 9.17) is 16.3 Å². The Kier molecular flexibility index (Phi) is 4.79. The molecule has 0 saturated heterocycles. The molecule has 1 aromatic heterocycles. The molecule has 1 aromatic carbocycles. The lowest BCUT2D eigenvalue weighted by atomic mass is 10.2. The topological polar surface area (TPSA) is 47.0 Å². The summed E-state index contributed by atoms with van der Waals surface area (Å²) in [7, 11) is 0. The van der Waals surface area contributed by atoms with Gasteiger partial charge in [-0.1, -0.05) is 29.3 Å². The van der Waals surface area contributed by atoms with Crippen molar-refractivity contribution >= 4 is 17.4 Å². The monoisotopic (exact) mass is 291 g/mol. The first kappa shape index (κ1) is 14.6. The molecule has 0 aliphatic rings. The van der Waals surface area contributed by atoms with Crippen LogP contribution >= 0.6 is 11.6 Å². The number of ether oxygens (including phenoxy) is 1. The zero-order valence-electron chi connectivity index (χ0n) is 11.9. The molecule has 0 amide bonds. The molecular formula is C15H18ClN3O. The molecule has 0 spiro atoms. The number of hydrogen-bond donors (Lipinski definition) is 1. The van der Waals surface area contributed by atoms with Crippen LogP contribution < -0.4 is 10.1 Å². The van der Waals surface area contributed by atoms with Crippen LogP contribution in [0, 0.1) is 13.8 Å². The summed E-state index contributed by atoms with van der Waals surface area (Å²) >= 11 is 5.96. The number of halogens is 1. The van der Waals surface area contributed by atoms with Crippen LogP contribution in [-0.4, -0.2) is 22.6 Å². The lowest BCUT2D eigenvalue weighted by molar-refractivity contribution is 0.303. The van der Waals surface area contributed by atoms with Gasteiger partial charge in [0.1, 0.15) is 29.7 Å². The number of nitrogens with zero attached hydrogens (tertiary/aromatic N) is 2. The minimum Gasteiger partial charge on any atom is -0.491 e. The molecule has 1 N–H and O–H groups in total. The van der Waals surface area contributed by atoms with Crippen molar-refractivity contribution in [2.75, 3.05) is 11.9 Å². The summed E-state index contributed by atoms with van der Waals surface area (Å²) in [4.78, 5) is 8.11. The van der Waals surface area contributed by atoms with Crippen molar-refractivity contribution in [1.29, 1.82) is 0 Å². The molecule has 2 rings (SSSR count). The average molecular weight is 292 g/mol. The molecule has 0 aliphatic heterocycles. The third-order valence-corrected chi connectivity index (χ3v) is 3.31. The van der Waals surface area contributed by atoms with E-state index in [1.54, 1.807) is 0 Å².